The van der Waals surface area contributed by atoms with E-state index in [-0.39, 0.29) is 30.5 Å². The van der Waals surface area contributed by atoms with Crippen molar-refractivity contribution in [3.8, 4) is 11.5 Å². The molecule has 2 aliphatic heterocycles. The van der Waals surface area contributed by atoms with Crippen LogP contribution >= 0.6 is 11.3 Å². The van der Waals surface area contributed by atoms with Crippen LogP contribution < -0.4 is 9.47 Å². The van der Waals surface area contributed by atoms with Crippen LogP contribution in [0.1, 0.15) is 39.7 Å². The third kappa shape index (κ3) is 5.81. The number of carbonyl (C=O) groups excluding carboxylic acids is 2. The lowest BCUT2D eigenvalue weighted by Crippen LogP contribution is -2.49. The second kappa shape index (κ2) is 11.8. The molecule has 194 valence electrons. The first kappa shape index (κ1) is 25.3. The van der Waals surface area contributed by atoms with E-state index in [1.54, 1.807) is 35.5 Å². The fraction of sp³-hybridized carbons (Fsp3) is 0.379. The molecule has 2 unspecified atom stereocenters. The van der Waals surface area contributed by atoms with Gasteiger partial charge in [0.05, 0.1) is 19.3 Å². The number of carbonyl (C=O) groups is 2. The van der Waals surface area contributed by atoms with Gasteiger partial charge in [-0.3, -0.25) is 9.59 Å². The topological polar surface area (TPSA) is 68.3 Å². The summed E-state index contributed by atoms with van der Waals surface area (Å²) in [6.45, 7) is 1.98. The molecular formula is C29H32N2O5S. The molecule has 0 radical (unpaired) electrons. The summed E-state index contributed by atoms with van der Waals surface area (Å²) in [6, 6.07) is 18.5. The minimum atomic E-state index is -0.246. The maximum atomic E-state index is 13.8. The highest BCUT2D eigenvalue weighted by Crippen LogP contribution is 2.35. The molecule has 2 amide bonds. The molecule has 1 fully saturated rings. The predicted octanol–water partition coefficient (Wildman–Crippen LogP) is 4.58. The third-order valence-electron chi connectivity index (χ3n) is 6.96. The van der Waals surface area contributed by atoms with Gasteiger partial charge in [-0.25, -0.2) is 0 Å². The highest BCUT2D eigenvalue weighted by molar-refractivity contribution is 7.10. The zero-order valence-corrected chi connectivity index (χ0v) is 21.8. The van der Waals surface area contributed by atoms with Crippen LogP contribution in [0.4, 0.5) is 0 Å². The lowest BCUT2D eigenvalue weighted by atomic mass is 10.00. The van der Waals surface area contributed by atoms with E-state index in [0.717, 1.165) is 24.8 Å². The molecule has 3 heterocycles. The Bertz CT molecular complexity index is 1210. The molecule has 0 aliphatic carbocycles. The van der Waals surface area contributed by atoms with Gasteiger partial charge < -0.3 is 24.0 Å². The molecule has 37 heavy (non-hydrogen) atoms. The van der Waals surface area contributed by atoms with Gasteiger partial charge in [0, 0.05) is 30.1 Å². The zero-order chi connectivity index (χ0) is 25.6. The van der Waals surface area contributed by atoms with Crippen molar-refractivity contribution in [1.82, 2.24) is 9.80 Å². The van der Waals surface area contributed by atoms with E-state index in [4.69, 9.17) is 14.2 Å². The van der Waals surface area contributed by atoms with Crippen LogP contribution in [-0.2, 0) is 16.0 Å². The molecule has 8 heteroatoms. The molecule has 1 aromatic heterocycles. The normalized spacial score (nSPS) is 18.8. The van der Waals surface area contributed by atoms with Gasteiger partial charge in [-0.05, 0) is 60.5 Å². The second-order valence-corrected chi connectivity index (χ2v) is 10.3. The van der Waals surface area contributed by atoms with Crippen LogP contribution in [0.5, 0.6) is 11.5 Å². The van der Waals surface area contributed by atoms with Crippen LogP contribution in [-0.4, -0.2) is 67.7 Å². The van der Waals surface area contributed by atoms with Gasteiger partial charge >= 0.3 is 0 Å². The van der Waals surface area contributed by atoms with Crippen molar-refractivity contribution in [3.63, 3.8) is 0 Å². The molecule has 7 nitrogen and oxygen atoms in total. The summed E-state index contributed by atoms with van der Waals surface area (Å²) >= 11 is 1.71. The van der Waals surface area contributed by atoms with E-state index in [2.05, 4.69) is 11.4 Å². The van der Waals surface area contributed by atoms with Gasteiger partial charge in [-0.1, -0.05) is 30.3 Å². The number of rotatable bonds is 9. The highest BCUT2D eigenvalue weighted by Gasteiger charge is 2.34. The Morgan fingerprint density at radius 3 is 2.62 bits per heavy atom. The van der Waals surface area contributed by atoms with Crippen LogP contribution in [0.15, 0.2) is 66.0 Å². The van der Waals surface area contributed by atoms with Gasteiger partial charge in [-0.15, -0.1) is 11.3 Å². The smallest absolute Gasteiger partial charge is 0.254 e. The number of nitrogens with zero attached hydrogens (tertiary/aromatic N) is 2. The number of para-hydroxylation sites is 2. The van der Waals surface area contributed by atoms with Gasteiger partial charge in [0.15, 0.2) is 11.5 Å². The minimum absolute atomic E-state index is 0.00177. The quantitative estimate of drug-likeness (QED) is 0.413. The molecule has 3 aromatic rings. The van der Waals surface area contributed by atoms with Crippen molar-refractivity contribution >= 4 is 23.2 Å². The van der Waals surface area contributed by atoms with Crippen molar-refractivity contribution in [2.75, 3.05) is 40.0 Å². The largest absolute Gasteiger partial charge is 0.493 e. The molecule has 0 N–H and O–H groups in total. The molecule has 2 aromatic carbocycles. The molecule has 2 aliphatic rings. The maximum absolute atomic E-state index is 13.8. The SMILES string of the molecule is COc1ccccc1OCC1c2ccsc2CCN1C(=O)CN(CC1CCCO1)C(=O)c1ccccc1. The molecular weight excluding hydrogens is 488 g/mol. The zero-order valence-electron chi connectivity index (χ0n) is 21.0. The summed E-state index contributed by atoms with van der Waals surface area (Å²) in [5.41, 5.74) is 1.68. The van der Waals surface area contributed by atoms with Crippen LogP contribution in [0.25, 0.3) is 0 Å². The maximum Gasteiger partial charge on any atom is 0.254 e. The Kier molecular flexibility index (Phi) is 8.06. The Hall–Kier alpha value is -3.36. The first-order valence-electron chi connectivity index (χ1n) is 12.7. The highest BCUT2D eigenvalue weighted by atomic mass is 32.1. The van der Waals surface area contributed by atoms with Gasteiger partial charge in [0.2, 0.25) is 5.91 Å². The van der Waals surface area contributed by atoms with Crippen molar-refractivity contribution < 1.29 is 23.8 Å². The fourth-order valence-corrected chi connectivity index (χ4v) is 5.98. The Morgan fingerprint density at radius 1 is 1.08 bits per heavy atom. The molecule has 5 rings (SSSR count). The average Bonchev–Trinajstić information content (AvgIpc) is 3.64. The van der Waals surface area contributed by atoms with Crippen molar-refractivity contribution in [2.24, 2.45) is 0 Å². The summed E-state index contributed by atoms with van der Waals surface area (Å²) in [6.07, 6.45) is 2.61. The summed E-state index contributed by atoms with van der Waals surface area (Å²) in [4.78, 5) is 32.0. The van der Waals surface area contributed by atoms with E-state index >= 15 is 0 Å². The van der Waals surface area contributed by atoms with Crippen molar-refractivity contribution in [3.05, 3.63) is 82.0 Å². The van der Waals surface area contributed by atoms with Crippen molar-refractivity contribution in [2.45, 2.75) is 31.4 Å². The van der Waals surface area contributed by atoms with E-state index < -0.39 is 0 Å². The molecule has 0 bridgehead atoms. The third-order valence-corrected chi connectivity index (χ3v) is 7.96. The Morgan fingerprint density at radius 2 is 1.86 bits per heavy atom. The van der Waals surface area contributed by atoms with Crippen LogP contribution in [0.2, 0.25) is 0 Å². The number of hydrogen-bond donors (Lipinski definition) is 0. The molecule has 0 spiro atoms. The van der Waals surface area contributed by atoms with Gasteiger partial charge in [0.25, 0.3) is 5.91 Å². The van der Waals surface area contributed by atoms with Gasteiger partial charge in [-0.2, -0.15) is 0 Å². The number of hydrogen-bond acceptors (Lipinski definition) is 6. The number of benzene rings is 2. The molecule has 2 atom stereocenters. The number of methoxy groups -OCH3 is 1. The van der Waals surface area contributed by atoms with Crippen LogP contribution in [0.3, 0.4) is 0 Å². The number of fused-ring (bicyclic) bond motifs is 1. The van der Waals surface area contributed by atoms with E-state index in [0.29, 0.717) is 43.4 Å². The van der Waals surface area contributed by atoms with Gasteiger partial charge in [0.1, 0.15) is 13.2 Å². The number of amides is 2. The standard InChI is InChI=1S/C29H32N2O5S/c1-34-25-11-5-6-12-26(25)36-20-24-23-14-17-37-27(23)13-15-31(24)28(32)19-30(18-22-10-7-16-35-22)29(33)21-8-3-2-4-9-21/h2-6,8-9,11-12,14,17,22,24H,7,10,13,15-16,18-20H2,1H3. The summed E-state index contributed by atoms with van der Waals surface area (Å²) in [5.74, 6) is 1.05. The predicted molar refractivity (Wildman–Crippen MR) is 142 cm³/mol. The summed E-state index contributed by atoms with van der Waals surface area (Å²) < 4.78 is 17.4. The minimum Gasteiger partial charge on any atom is -0.493 e. The summed E-state index contributed by atoms with van der Waals surface area (Å²) in [5, 5.41) is 2.07. The summed E-state index contributed by atoms with van der Waals surface area (Å²) in [7, 11) is 1.61. The number of ether oxygens (including phenoxy) is 3. The fourth-order valence-electron chi connectivity index (χ4n) is 5.05. The lowest BCUT2D eigenvalue weighted by Gasteiger charge is -2.37. The van der Waals surface area contributed by atoms with Crippen molar-refractivity contribution in [1.29, 1.82) is 0 Å². The first-order chi connectivity index (χ1) is 18.1. The van der Waals surface area contributed by atoms with Crippen LogP contribution in [0, 0.1) is 0 Å². The van der Waals surface area contributed by atoms with E-state index in [1.165, 1.54) is 4.88 Å². The Labute approximate surface area is 221 Å². The lowest BCUT2D eigenvalue weighted by molar-refractivity contribution is -0.135. The Balaban J connectivity index is 1.35. The monoisotopic (exact) mass is 520 g/mol. The van der Waals surface area contributed by atoms with E-state index in [9.17, 15) is 9.59 Å². The second-order valence-electron chi connectivity index (χ2n) is 9.30. The van der Waals surface area contributed by atoms with E-state index in [1.807, 2.05) is 47.4 Å². The number of thiophene rings is 1. The molecule has 1 saturated heterocycles. The molecule has 0 saturated carbocycles. The average molecular weight is 521 g/mol. The first-order valence-corrected chi connectivity index (χ1v) is 13.6.